The number of fused-ring (bicyclic) bond motifs is 2. The van der Waals surface area contributed by atoms with Crippen LogP contribution in [0.4, 0.5) is 5.69 Å². The quantitative estimate of drug-likeness (QED) is 0.923. The lowest BCUT2D eigenvalue weighted by molar-refractivity contribution is -0.114. The number of hydrogen-bond donors (Lipinski definition) is 1. The number of rotatable bonds is 3. The fourth-order valence-corrected chi connectivity index (χ4v) is 4.38. The lowest BCUT2D eigenvalue weighted by Gasteiger charge is -2.39. The van der Waals surface area contributed by atoms with Crippen LogP contribution in [0.25, 0.3) is 0 Å². The van der Waals surface area contributed by atoms with Gasteiger partial charge in [0, 0.05) is 36.5 Å². The first-order valence-corrected chi connectivity index (χ1v) is 9.22. The van der Waals surface area contributed by atoms with Gasteiger partial charge in [0.25, 0.3) is 5.91 Å². The SMILES string of the molecule is CC(=O)Nc1ccc(C(=O)N2C3CCC2CC(n2cc(C)cn2)C3)cc1. The Balaban J connectivity index is 1.48. The zero-order chi connectivity index (χ0) is 18.3. The fraction of sp³-hybridized carbons (Fsp3) is 0.450. The number of carbonyl (C=O) groups excluding carboxylic acids is 2. The Morgan fingerprint density at radius 3 is 2.27 bits per heavy atom. The van der Waals surface area contributed by atoms with Crippen LogP contribution in [0, 0.1) is 6.92 Å². The van der Waals surface area contributed by atoms with E-state index in [0.717, 1.165) is 25.7 Å². The van der Waals surface area contributed by atoms with E-state index >= 15 is 0 Å². The number of aryl methyl sites for hydroxylation is 1. The van der Waals surface area contributed by atoms with E-state index in [2.05, 4.69) is 33.1 Å². The highest BCUT2D eigenvalue weighted by Gasteiger charge is 2.44. The highest BCUT2D eigenvalue weighted by molar-refractivity contribution is 5.96. The van der Waals surface area contributed by atoms with Crippen molar-refractivity contribution in [1.29, 1.82) is 0 Å². The topological polar surface area (TPSA) is 67.2 Å². The molecule has 2 fully saturated rings. The number of hydrogen-bond acceptors (Lipinski definition) is 3. The summed E-state index contributed by atoms with van der Waals surface area (Å²) in [5, 5.41) is 7.21. The van der Waals surface area contributed by atoms with Crippen molar-refractivity contribution in [3.63, 3.8) is 0 Å². The maximum Gasteiger partial charge on any atom is 0.254 e. The molecule has 2 bridgehead atoms. The number of amides is 2. The molecule has 0 spiro atoms. The Morgan fingerprint density at radius 2 is 1.73 bits per heavy atom. The summed E-state index contributed by atoms with van der Waals surface area (Å²) < 4.78 is 2.07. The third-order valence-corrected chi connectivity index (χ3v) is 5.50. The third-order valence-electron chi connectivity index (χ3n) is 5.50. The highest BCUT2D eigenvalue weighted by Crippen LogP contribution is 2.41. The maximum absolute atomic E-state index is 13.1. The molecule has 1 aromatic carbocycles. The fourth-order valence-electron chi connectivity index (χ4n) is 4.38. The first-order chi connectivity index (χ1) is 12.5. The number of piperidine rings is 1. The van der Waals surface area contributed by atoms with Crippen LogP contribution in [-0.2, 0) is 4.79 Å². The smallest absolute Gasteiger partial charge is 0.254 e. The highest BCUT2D eigenvalue weighted by atomic mass is 16.2. The van der Waals surface area contributed by atoms with Crippen LogP contribution in [0.5, 0.6) is 0 Å². The summed E-state index contributed by atoms with van der Waals surface area (Å²) >= 11 is 0. The summed E-state index contributed by atoms with van der Waals surface area (Å²) in [7, 11) is 0. The molecule has 2 saturated heterocycles. The average Bonchev–Trinajstić information content (AvgIpc) is 3.15. The van der Waals surface area contributed by atoms with Crippen LogP contribution >= 0.6 is 0 Å². The first kappa shape index (κ1) is 16.8. The van der Waals surface area contributed by atoms with Crippen molar-refractivity contribution in [2.45, 2.75) is 57.7 Å². The van der Waals surface area contributed by atoms with Crippen molar-refractivity contribution in [1.82, 2.24) is 14.7 Å². The van der Waals surface area contributed by atoms with Gasteiger partial charge in [0.05, 0.1) is 12.2 Å². The Hall–Kier alpha value is -2.63. The number of aromatic nitrogens is 2. The molecule has 2 amide bonds. The van der Waals surface area contributed by atoms with Gasteiger partial charge in [0.1, 0.15) is 0 Å². The van der Waals surface area contributed by atoms with E-state index in [1.54, 1.807) is 24.3 Å². The largest absolute Gasteiger partial charge is 0.333 e. The summed E-state index contributed by atoms with van der Waals surface area (Å²) in [5.74, 6) is -0.0139. The molecule has 3 heterocycles. The minimum atomic E-state index is -0.113. The van der Waals surface area contributed by atoms with Crippen molar-refractivity contribution in [3.8, 4) is 0 Å². The summed E-state index contributed by atoms with van der Waals surface area (Å²) in [6.07, 6.45) is 8.06. The third kappa shape index (κ3) is 3.11. The number of anilines is 1. The minimum absolute atomic E-state index is 0.0990. The summed E-state index contributed by atoms with van der Waals surface area (Å²) in [6, 6.07) is 8.13. The van der Waals surface area contributed by atoms with Gasteiger partial charge >= 0.3 is 0 Å². The summed E-state index contributed by atoms with van der Waals surface area (Å²) in [5.41, 5.74) is 2.57. The molecule has 2 unspecified atom stereocenters. The van der Waals surface area contributed by atoms with Crippen LogP contribution in [0.1, 0.15) is 54.6 Å². The van der Waals surface area contributed by atoms with Crippen LogP contribution < -0.4 is 5.32 Å². The number of nitrogens with one attached hydrogen (secondary N) is 1. The van der Waals surface area contributed by atoms with Crippen molar-refractivity contribution < 1.29 is 9.59 Å². The molecule has 1 N–H and O–H groups in total. The number of nitrogens with zero attached hydrogens (tertiary/aromatic N) is 3. The van der Waals surface area contributed by atoms with E-state index < -0.39 is 0 Å². The predicted molar refractivity (Wildman–Crippen MR) is 99.0 cm³/mol. The van der Waals surface area contributed by atoms with Crippen molar-refractivity contribution >= 4 is 17.5 Å². The van der Waals surface area contributed by atoms with Crippen LogP contribution in [-0.4, -0.2) is 38.6 Å². The van der Waals surface area contributed by atoms with Gasteiger partial charge in [0.15, 0.2) is 0 Å². The molecular weight excluding hydrogens is 328 g/mol. The van der Waals surface area contributed by atoms with Gasteiger partial charge in [-0.25, -0.2) is 0 Å². The second-order valence-corrected chi connectivity index (χ2v) is 7.48. The van der Waals surface area contributed by atoms with Gasteiger partial charge in [-0.3, -0.25) is 14.3 Å². The van der Waals surface area contributed by atoms with Gasteiger partial charge in [-0.2, -0.15) is 5.10 Å². The van der Waals surface area contributed by atoms with E-state index in [0.29, 0.717) is 17.3 Å². The van der Waals surface area contributed by atoms with Crippen LogP contribution in [0.3, 0.4) is 0 Å². The zero-order valence-electron chi connectivity index (χ0n) is 15.2. The molecule has 4 rings (SSSR count). The Bertz CT molecular complexity index is 813. The van der Waals surface area contributed by atoms with Crippen LogP contribution in [0.2, 0.25) is 0 Å². The minimum Gasteiger partial charge on any atom is -0.333 e. The molecule has 0 saturated carbocycles. The molecule has 2 aliphatic heterocycles. The van der Waals surface area contributed by atoms with E-state index in [1.165, 1.54) is 12.5 Å². The molecule has 6 nitrogen and oxygen atoms in total. The van der Waals surface area contributed by atoms with Gasteiger partial charge in [-0.15, -0.1) is 0 Å². The van der Waals surface area contributed by atoms with E-state index in [9.17, 15) is 9.59 Å². The second kappa shape index (κ2) is 6.59. The maximum atomic E-state index is 13.1. The van der Waals surface area contributed by atoms with E-state index in [1.807, 2.05) is 6.20 Å². The van der Waals surface area contributed by atoms with Crippen LogP contribution in [0.15, 0.2) is 36.7 Å². The van der Waals surface area contributed by atoms with Crippen molar-refractivity contribution in [3.05, 3.63) is 47.8 Å². The van der Waals surface area contributed by atoms with Crippen molar-refractivity contribution in [2.24, 2.45) is 0 Å². The molecule has 0 aliphatic carbocycles. The van der Waals surface area contributed by atoms with E-state index in [4.69, 9.17) is 0 Å². The molecule has 6 heteroatoms. The first-order valence-electron chi connectivity index (χ1n) is 9.22. The van der Waals surface area contributed by atoms with Gasteiger partial charge in [-0.1, -0.05) is 0 Å². The molecule has 136 valence electrons. The zero-order valence-corrected chi connectivity index (χ0v) is 15.2. The Morgan fingerprint density at radius 1 is 1.08 bits per heavy atom. The molecule has 26 heavy (non-hydrogen) atoms. The molecule has 2 atom stereocenters. The molecule has 2 aliphatic rings. The molecular formula is C20H24N4O2. The number of benzene rings is 1. The normalized spacial score (nSPS) is 24.5. The molecule has 0 radical (unpaired) electrons. The summed E-state index contributed by atoms with van der Waals surface area (Å²) in [4.78, 5) is 26.3. The van der Waals surface area contributed by atoms with E-state index in [-0.39, 0.29) is 23.9 Å². The van der Waals surface area contributed by atoms with Crippen molar-refractivity contribution in [2.75, 3.05) is 5.32 Å². The lowest BCUT2D eigenvalue weighted by Crippen LogP contribution is -2.47. The Labute approximate surface area is 153 Å². The Kier molecular flexibility index (Phi) is 4.26. The monoisotopic (exact) mass is 352 g/mol. The number of carbonyl (C=O) groups is 2. The summed E-state index contributed by atoms with van der Waals surface area (Å²) in [6.45, 7) is 3.53. The second-order valence-electron chi connectivity index (χ2n) is 7.48. The van der Waals surface area contributed by atoms with Gasteiger partial charge < -0.3 is 10.2 Å². The van der Waals surface area contributed by atoms with Gasteiger partial charge in [-0.05, 0) is 62.4 Å². The molecule has 1 aromatic heterocycles. The molecule has 2 aromatic rings. The van der Waals surface area contributed by atoms with Gasteiger partial charge in [0.2, 0.25) is 5.91 Å². The average molecular weight is 352 g/mol. The predicted octanol–water partition coefficient (Wildman–Crippen LogP) is 3.16. The lowest BCUT2D eigenvalue weighted by atomic mass is 9.96. The standard InChI is InChI=1S/C20H24N4O2/c1-13-11-21-23(12-13)19-9-17-7-8-18(10-19)24(17)20(26)15-3-5-16(6-4-15)22-14(2)25/h3-6,11-12,17-19H,7-10H2,1-2H3,(H,22,25).